The quantitative estimate of drug-likeness (QED) is 0.211. The molecule has 0 aromatic heterocycles. The maximum absolute atomic E-state index is 8.77. The Bertz CT molecular complexity index is 15.5. The van der Waals surface area contributed by atoms with E-state index in [4.69, 9.17) is 4.79 Å². The van der Waals surface area contributed by atoms with Crippen LogP contribution in [0.4, 0.5) is 0 Å². The second-order valence-corrected chi connectivity index (χ2v) is 0.408. The molecule has 0 rings (SSSR count). The molecule has 1 atom stereocenters. The molecule has 1 unspecified atom stereocenters. The van der Waals surface area contributed by atoms with E-state index in [2.05, 4.69) is 0 Å². The van der Waals surface area contributed by atoms with Crippen LogP contribution in [-0.2, 0) is 4.79 Å². The Kier molecular flexibility index (Phi) is 20.6. The molecule has 0 fully saturated rings. The van der Waals surface area contributed by atoms with Gasteiger partial charge in [-0.1, -0.05) is 9.24 Å². The Morgan fingerprint density at radius 1 is 1.75 bits per heavy atom. The van der Waals surface area contributed by atoms with Crippen LogP contribution in [0.1, 0.15) is 0 Å². The number of carbonyl (C=O) groups is 1. The summed E-state index contributed by atoms with van der Waals surface area (Å²) in [6.45, 7) is 0. The van der Waals surface area contributed by atoms with Gasteiger partial charge in [0.1, 0.15) is 6.03 Å². The standard InChI is InChI=1S/CH3OP.Li.H/c2-1-3;;/h1H,3H2;;. The molecule has 0 N–H and O–H groups in total. The topological polar surface area (TPSA) is 17.1 Å². The van der Waals surface area contributed by atoms with Gasteiger partial charge in [-0.25, -0.2) is 0 Å². The second-order valence-electron chi connectivity index (χ2n) is 0.136. The van der Waals surface area contributed by atoms with E-state index in [9.17, 15) is 0 Å². The molecule has 1 nitrogen and oxygen atoms in total. The third-order valence-electron chi connectivity index (χ3n) is 0. The molecule has 0 saturated carbocycles. The van der Waals surface area contributed by atoms with Gasteiger partial charge in [-0.15, -0.1) is 0 Å². The van der Waals surface area contributed by atoms with E-state index in [1.807, 2.05) is 9.24 Å². The van der Waals surface area contributed by atoms with Crippen LogP contribution in [-0.4, -0.2) is 24.9 Å². The van der Waals surface area contributed by atoms with E-state index in [0.29, 0.717) is 6.03 Å². The summed E-state index contributed by atoms with van der Waals surface area (Å²) in [5.41, 5.74) is 0. The van der Waals surface area contributed by atoms with Crippen molar-refractivity contribution in [1.82, 2.24) is 0 Å². The van der Waals surface area contributed by atoms with Crippen molar-refractivity contribution in [2.24, 2.45) is 0 Å². The summed E-state index contributed by atoms with van der Waals surface area (Å²) in [6, 6.07) is 0.667. The molecule has 0 heterocycles. The van der Waals surface area contributed by atoms with Gasteiger partial charge in [0.15, 0.2) is 0 Å². The molecule has 4 heavy (non-hydrogen) atoms. The van der Waals surface area contributed by atoms with Crippen LogP contribution in [0.3, 0.4) is 0 Å². The third kappa shape index (κ3) is 16.0. The van der Waals surface area contributed by atoms with Crippen molar-refractivity contribution in [2.75, 3.05) is 0 Å². The van der Waals surface area contributed by atoms with Crippen molar-refractivity contribution in [3.8, 4) is 0 Å². The third-order valence-corrected chi connectivity index (χ3v) is 0. The van der Waals surface area contributed by atoms with Gasteiger partial charge in [0, 0.05) is 0 Å². The summed E-state index contributed by atoms with van der Waals surface area (Å²) in [5.74, 6) is 0. The first-order chi connectivity index (χ1) is 1.41. The first-order valence-electron chi connectivity index (χ1n) is 0.569. The summed E-state index contributed by atoms with van der Waals surface area (Å²) in [7, 11) is 1.90. The Balaban J connectivity index is 0. The number of rotatable bonds is 0. The van der Waals surface area contributed by atoms with Crippen LogP contribution < -0.4 is 0 Å². The van der Waals surface area contributed by atoms with Gasteiger partial charge in [0.05, 0.1) is 0 Å². The monoisotopic (exact) mass is 70.0 g/mol. The van der Waals surface area contributed by atoms with Gasteiger partial charge in [-0.2, -0.15) is 0 Å². The van der Waals surface area contributed by atoms with Gasteiger partial charge in [0.2, 0.25) is 0 Å². The summed E-state index contributed by atoms with van der Waals surface area (Å²) < 4.78 is 0. The molecular formula is CH4LiOP. The van der Waals surface area contributed by atoms with E-state index in [0.717, 1.165) is 0 Å². The van der Waals surface area contributed by atoms with Gasteiger partial charge < -0.3 is 0 Å². The van der Waals surface area contributed by atoms with E-state index in [1.54, 1.807) is 0 Å². The molecule has 0 spiro atoms. The van der Waals surface area contributed by atoms with E-state index in [1.165, 1.54) is 0 Å². The fraction of sp³-hybridized carbons (Fsp3) is 0. The molecular weight excluding hydrogens is 65.9 g/mol. The Labute approximate surface area is 39.5 Å². The van der Waals surface area contributed by atoms with Crippen LogP contribution in [0.25, 0.3) is 0 Å². The van der Waals surface area contributed by atoms with E-state index < -0.39 is 0 Å². The molecule has 0 aromatic rings. The Morgan fingerprint density at radius 2 is 1.75 bits per heavy atom. The van der Waals surface area contributed by atoms with Crippen molar-refractivity contribution in [2.45, 2.75) is 0 Å². The number of hydrogen-bond acceptors (Lipinski definition) is 1. The van der Waals surface area contributed by atoms with Crippen LogP contribution in [0, 0.1) is 0 Å². The Hall–Kier alpha value is 0.697. The van der Waals surface area contributed by atoms with Crippen molar-refractivity contribution in [3.05, 3.63) is 0 Å². The molecule has 20 valence electrons. The van der Waals surface area contributed by atoms with Crippen LogP contribution in [0.2, 0.25) is 0 Å². The SMILES string of the molecule is O=CP.[LiH]. The van der Waals surface area contributed by atoms with Gasteiger partial charge in [-0.05, 0) is 0 Å². The molecule has 3 heteroatoms. The summed E-state index contributed by atoms with van der Waals surface area (Å²) in [6.07, 6.45) is 0. The summed E-state index contributed by atoms with van der Waals surface area (Å²) in [4.78, 5) is 8.77. The van der Waals surface area contributed by atoms with Crippen LogP contribution in [0.5, 0.6) is 0 Å². The fourth-order valence-corrected chi connectivity index (χ4v) is 0. The van der Waals surface area contributed by atoms with Crippen LogP contribution in [0.15, 0.2) is 0 Å². The predicted molar refractivity (Wildman–Crippen MR) is 23.6 cm³/mol. The predicted octanol–water partition coefficient (Wildman–Crippen LogP) is -0.597. The van der Waals surface area contributed by atoms with Crippen LogP contribution >= 0.6 is 9.24 Å². The first-order valence-corrected chi connectivity index (χ1v) is 1.24. The molecule has 0 bridgehead atoms. The average Bonchev–Trinajstić information content (AvgIpc) is 0.918. The molecule has 0 aliphatic rings. The molecule has 0 aromatic carbocycles. The molecule has 0 aliphatic heterocycles. The normalized spacial score (nSPS) is 3.25. The van der Waals surface area contributed by atoms with Crippen molar-refractivity contribution in [3.63, 3.8) is 0 Å². The fourth-order valence-electron chi connectivity index (χ4n) is 0. The summed E-state index contributed by atoms with van der Waals surface area (Å²) >= 11 is 0. The van der Waals surface area contributed by atoms with Gasteiger partial charge in [0.25, 0.3) is 0 Å². The zero-order valence-corrected chi connectivity index (χ0v) is 2.72. The minimum absolute atomic E-state index is 0. The second kappa shape index (κ2) is 9.34. The maximum atomic E-state index is 8.77. The van der Waals surface area contributed by atoms with Gasteiger partial charge >= 0.3 is 18.9 Å². The number of hydrogen-bond donors (Lipinski definition) is 0. The number of carbonyl (C=O) groups excluding carboxylic acids is 1. The van der Waals surface area contributed by atoms with Gasteiger partial charge in [-0.3, -0.25) is 4.79 Å². The molecule has 0 radical (unpaired) electrons. The molecule has 0 amide bonds. The van der Waals surface area contributed by atoms with Crippen molar-refractivity contribution >= 4 is 34.1 Å². The van der Waals surface area contributed by atoms with E-state index in [-0.39, 0.29) is 18.9 Å². The van der Waals surface area contributed by atoms with Crippen molar-refractivity contribution < 1.29 is 4.79 Å². The first kappa shape index (κ1) is 8.83. The summed E-state index contributed by atoms with van der Waals surface area (Å²) in [5, 5.41) is 0. The Morgan fingerprint density at radius 3 is 1.75 bits per heavy atom. The zero-order chi connectivity index (χ0) is 2.71. The molecule has 0 aliphatic carbocycles. The minimum atomic E-state index is 0. The van der Waals surface area contributed by atoms with E-state index >= 15 is 0 Å². The molecule has 0 saturated heterocycles. The average molecular weight is 70.0 g/mol. The zero-order valence-electron chi connectivity index (χ0n) is 1.56. The van der Waals surface area contributed by atoms with Crippen molar-refractivity contribution in [1.29, 1.82) is 0 Å².